The van der Waals surface area contributed by atoms with E-state index in [-0.39, 0.29) is 0 Å². The third-order valence-corrected chi connectivity index (χ3v) is 4.00. The molecule has 0 atom stereocenters. The number of imidazole rings is 1. The minimum atomic E-state index is 0.516. The maximum absolute atomic E-state index is 11.2. The standard InChI is InChI=1S/C15H18N2O/c1-11-6-5-9-17-14(11)13(10-18)16-15(17)12-7-3-2-4-8-12/h5-6,9-10,12H,2-4,7-8H2,1H3. The average molecular weight is 242 g/mol. The summed E-state index contributed by atoms with van der Waals surface area (Å²) in [6.45, 7) is 2.04. The molecule has 0 unspecified atom stereocenters. The summed E-state index contributed by atoms with van der Waals surface area (Å²) in [5, 5.41) is 0. The van der Waals surface area contributed by atoms with Crippen LogP contribution in [0.25, 0.3) is 5.52 Å². The molecule has 94 valence electrons. The molecule has 3 nitrogen and oxygen atoms in total. The summed E-state index contributed by atoms with van der Waals surface area (Å²) in [6.07, 6.45) is 9.21. The number of aromatic nitrogens is 2. The van der Waals surface area contributed by atoms with Crippen molar-refractivity contribution in [1.29, 1.82) is 0 Å². The molecule has 0 bridgehead atoms. The first-order chi connectivity index (χ1) is 8.81. The van der Waals surface area contributed by atoms with Crippen LogP contribution in [-0.4, -0.2) is 15.7 Å². The van der Waals surface area contributed by atoms with Crippen molar-refractivity contribution in [3.8, 4) is 0 Å². The largest absolute Gasteiger partial charge is 0.302 e. The molecular formula is C15H18N2O. The van der Waals surface area contributed by atoms with Crippen LogP contribution in [0.1, 0.15) is 59.9 Å². The number of carbonyl (C=O) groups is 1. The van der Waals surface area contributed by atoms with Crippen molar-refractivity contribution in [3.05, 3.63) is 35.4 Å². The summed E-state index contributed by atoms with van der Waals surface area (Å²) < 4.78 is 2.12. The minimum Gasteiger partial charge on any atom is -0.302 e. The van der Waals surface area contributed by atoms with Gasteiger partial charge in [-0.15, -0.1) is 0 Å². The topological polar surface area (TPSA) is 34.4 Å². The predicted octanol–water partition coefficient (Wildman–Crippen LogP) is 3.50. The lowest BCUT2D eigenvalue weighted by atomic mass is 9.89. The van der Waals surface area contributed by atoms with Gasteiger partial charge in [-0.05, 0) is 31.4 Å². The van der Waals surface area contributed by atoms with Gasteiger partial charge in [0.1, 0.15) is 11.5 Å². The van der Waals surface area contributed by atoms with Gasteiger partial charge >= 0.3 is 0 Å². The van der Waals surface area contributed by atoms with Crippen molar-refractivity contribution < 1.29 is 4.79 Å². The molecule has 0 aromatic carbocycles. The van der Waals surface area contributed by atoms with Crippen LogP contribution in [0.4, 0.5) is 0 Å². The van der Waals surface area contributed by atoms with Gasteiger partial charge in [0.25, 0.3) is 0 Å². The third-order valence-electron chi connectivity index (χ3n) is 4.00. The summed E-state index contributed by atoms with van der Waals surface area (Å²) in [5.74, 6) is 1.59. The van der Waals surface area contributed by atoms with Crippen LogP contribution < -0.4 is 0 Å². The smallest absolute Gasteiger partial charge is 0.170 e. The second kappa shape index (κ2) is 4.56. The van der Waals surface area contributed by atoms with Crippen LogP contribution in [0.3, 0.4) is 0 Å². The van der Waals surface area contributed by atoms with Gasteiger partial charge in [0.2, 0.25) is 0 Å². The van der Waals surface area contributed by atoms with Gasteiger partial charge in [-0.1, -0.05) is 25.3 Å². The highest BCUT2D eigenvalue weighted by atomic mass is 16.1. The van der Waals surface area contributed by atoms with E-state index in [1.165, 1.54) is 32.1 Å². The van der Waals surface area contributed by atoms with E-state index in [1.807, 2.05) is 25.3 Å². The molecule has 0 aliphatic heterocycles. The Hall–Kier alpha value is -1.64. The maximum atomic E-state index is 11.2. The lowest BCUT2D eigenvalue weighted by molar-refractivity contribution is 0.112. The number of nitrogens with zero attached hydrogens (tertiary/aromatic N) is 2. The number of hydrogen-bond acceptors (Lipinski definition) is 2. The minimum absolute atomic E-state index is 0.516. The maximum Gasteiger partial charge on any atom is 0.170 e. The number of carbonyl (C=O) groups excluding carboxylic acids is 1. The van der Waals surface area contributed by atoms with E-state index in [0.717, 1.165) is 23.2 Å². The zero-order valence-electron chi connectivity index (χ0n) is 10.7. The fourth-order valence-electron chi connectivity index (χ4n) is 3.09. The second-order valence-corrected chi connectivity index (χ2v) is 5.22. The van der Waals surface area contributed by atoms with E-state index < -0.39 is 0 Å². The molecule has 0 saturated heterocycles. The summed E-state index contributed by atoms with van der Waals surface area (Å²) in [7, 11) is 0. The quantitative estimate of drug-likeness (QED) is 0.755. The average Bonchev–Trinajstić information content (AvgIpc) is 2.80. The molecule has 1 fully saturated rings. The van der Waals surface area contributed by atoms with Crippen LogP contribution in [0.5, 0.6) is 0 Å². The van der Waals surface area contributed by atoms with Gasteiger partial charge in [0.15, 0.2) is 6.29 Å². The Morgan fingerprint density at radius 2 is 2.11 bits per heavy atom. The Balaban J connectivity index is 2.17. The van der Waals surface area contributed by atoms with Gasteiger partial charge in [-0.25, -0.2) is 4.98 Å². The highest BCUT2D eigenvalue weighted by molar-refractivity contribution is 5.85. The summed E-state index contributed by atoms with van der Waals surface area (Å²) in [5.41, 5.74) is 2.69. The van der Waals surface area contributed by atoms with E-state index in [0.29, 0.717) is 11.6 Å². The first-order valence-electron chi connectivity index (χ1n) is 6.74. The van der Waals surface area contributed by atoms with Crippen molar-refractivity contribution in [2.75, 3.05) is 0 Å². The first kappa shape index (κ1) is 11.5. The molecule has 2 aromatic heterocycles. The first-order valence-corrected chi connectivity index (χ1v) is 6.74. The van der Waals surface area contributed by atoms with Crippen molar-refractivity contribution in [1.82, 2.24) is 9.38 Å². The van der Waals surface area contributed by atoms with Crippen molar-refractivity contribution in [2.45, 2.75) is 44.9 Å². The Morgan fingerprint density at radius 1 is 1.33 bits per heavy atom. The molecule has 2 aromatic rings. The zero-order valence-corrected chi connectivity index (χ0v) is 10.7. The molecule has 3 rings (SSSR count). The predicted molar refractivity (Wildman–Crippen MR) is 71.1 cm³/mol. The van der Waals surface area contributed by atoms with E-state index in [4.69, 9.17) is 0 Å². The molecule has 3 heteroatoms. The lowest BCUT2D eigenvalue weighted by Crippen LogP contribution is -2.08. The molecule has 0 radical (unpaired) electrons. The monoisotopic (exact) mass is 242 g/mol. The van der Waals surface area contributed by atoms with Crippen LogP contribution in [0.2, 0.25) is 0 Å². The van der Waals surface area contributed by atoms with E-state index in [2.05, 4.69) is 9.38 Å². The van der Waals surface area contributed by atoms with Gasteiger partial charge in [0.05, 0.1) is 5.52 Å². The lowest BCUT2D eigenvalue weighted by Gasteiger charge is -2.20. The van der Waals surface area contributed by atoms with Gasteiger partial charge < -0.3 is 4.40 Å². The summed E-state index contributed by atoms with van der Waals surface area (Å²) in [4.78, 5) is 15.8. The van der Waals surface area contributed by atoms with Crippen molar-refractivity contribution in [3.63, 3.8) is 0 Å². The molecule has 2 heterocycles. The number of aldehydes is 1. The molecule has 18 heavy (non-hydrogen) atoms. The van der Waals surface area contributed by atoms with Crippen LogP contribution >= 0.6 is 0 Å². The molecule has 0 amide bonds. The fourth-order valence-corrected chi connectivity index (χ4v) is 3.09. The van der Waals surface area contributed by atoms with E-state index >= 15 is 0 Å². The van der Waals surface area contributed by atoms with Crippen LogP contribution in [0.15, 0.2) is 18.3 Å². The Labute approximate surface area is 107 Å². The van der Waals surface area contributed by atoms with Gasteiger partial charge in [-0.2, -0.15) is 0 Å². The number of pyridine rings is 1. The molecule has 0 spiro atoms. The second-order valence-electron chi connectivity index (χ2n) is 5.22. The molecule has 1 aliphatic rings. The molecule has 0 N–H and O–H groups in total. The number of aryl methyl sites for hydroxylation is 1. The zero-order chi connectivity index (χ0) is 12.5. The van der Waals surface area contributed by atoms with Gasteiger partial charge in [-0.3, -0.25) is 4.79 Å². The van der Waals surface area contributed by atoms with Crippen LogP contribution in [-0.2, 0) is 0 Å². The van der Waals surface area contributed by atoms with Gasteiger partial charge in [0, 0.05) is 12.1 Å². The number of rotatable bonds is 2. The highest BCUT2D eigenvalue weighted by Gasteiger charge is 2.22. The Kier molecular flexibility index (Phi) is 2.90. The summed E-state index contributed by atoms with van der Waals surface area (Å²) in [6, 6.07) is 4.07. The normalized spacial score (nSPS) is 17.2. The third kappa shape index (κ3) is 1.74. The van der Waals surface area contributed by atoms with Crippen molar-refractivity contribution >= 4 is 11.8 Å². The van der Waals surface area contributed by atoms with E-state index in [1.54, 1.807) is 0 Å². The van der Waals surface area contributed by atoms with Crippen LogP contribution in [0, 0.1) is 6.92 Å². The fraction of sp³-hybridized carbons (Fsp3) is 0.467. The SMILES string of the molecule is Cc1cccn2c(C3CCCCC3)nc(C=O)c12. The number of hydrogen-bond donors (Lipinski definition) is 0. The van der Waals surface area contributed by atoms with Crippen molar-refractivity contribution in [2.24, 2.45) is 0 Å². The highest BCUT2D eigenvalue weighted by Crippen LogP contribution is 2.33. The Bertz CT molecular complexity index is 579. The van der Waals surface area contributed by atoms with E-state index in [9.17, 15) is 4.79 Å². The number of fused-ring (bicyclic) bond motifs is 1. The molecule has 1 aliphatic carbocycles. The Morgan fingerprint density at radius 3 is 2.83 bits per heavy atom. The molecular weight excluding hydrogens is 224 g/mol. The summed E-state index contributed by atoms with van der Waals surface area (Å²) >= 11 is 0. The molecule has 1 saturated carbocycles.